The van der Waals surface area contributed by atoms with Crippen molar-refractivity contribution in [2.45, 2.75) is 20.8 Å². The maximum atomic E-state index is 4.74. The first-order chi connectivity index (χ1) is 11.1. The van der Waals surface area contributed by atoms with E-state index < -0.39 is 0 Å². The zero-order valence-corrected chi connectivity index (χ0v) is 13.4. The number of hydrogen-bond donors (Lipinski definition) is 2. The summed E-state index contributed by atoms with van der Waals surface area (Å²) in [5, 5.41) is 0. The van der Waals surface area contributed by atoms with Crippen molar-refractivity contribution in [3.8, 4) is 22.8 Å². The molecule has 0 fully saturated rings. The van der Waals surface area contributed by atoms with E-state index in [9.17, 15) is 0 Å². The van der Waals surface area contributed by atoms with Crippen molar-refractivity contribution in [1.29, 1.82) is 0 Å². The van der Waals surface area contributed by atoms with Gasteiger partial charge in [0.1, 0.15) is 11.6 Å². The molecule has 2 N–H and O–H groups in total. The minimum absolute atomic E-state index is 0.868. The second-order valence-electron chi connectivity index (χ2n) is 5.95. The SMILES string of the molecule is Cc1ccc2nc(-c3ccccc3-c3nc(C)c(C)[nH]3)[nH]c2c1. The van der Waals surface area contributed by atoms with Crippen LogP contribution in [0.1, 0.15) is 17.0 Å². The molecule has 0 aliphatic rings. The zero-order chi connectivity index (χ0) is 16.0. The van der Waals surface area contributed by atoms with Crippen molar-refractivity contribution < 1.29 is 0 Å². The molecule has 2 heterocycles. The average Bonchev–Trinajstić information content (AvgIpc) is 3.10. The van der Waals surface area contributed by atoms with Crippen LogP contribution in [-0.2, 0) is 0 Å². The highest BCUT2D eigenvalue weighted by Crippen LogP contribution is 2.30. The van der Waals surface area contributed by atoms with Gasteiger partial charge < -0.3 is 9.97 Å². The second-order valence-corrected chi connectivity index (χ2v) is 5.95. The van der Waals surface area contributed by atoms with E-state index >= 15 is 0 Å². The molecule has 114 valence electrons. The van der Waals surface area contributed by atoms with E-state index in [0.717, 1.165) is 45.2 Å². The molecule has 0 atom stereocenters. The number of aromatic nitrogens is 4. The summed E-state index contributed by atoms with van der Waals surface area (Å²) in [4.78, 5) is 16.2. The predicted molar refractivity (Wildman–Crippen MR) is 93.3 cm³/mol. The van der Waals surface area contributed by atoms with Gasteiger partial charge in [-0.05, 0) is 38.5 Å². The number of H-pyrrole nitrogens is 2. The van der Waals surface area contributed by atoms with Crippen molar-refractivity contribution in [3.05, 3.63) is 59.4 Å². The first kappa shape index (κ1) is 13.8. The summed E-state index contributed by atoms with van der Waals surface area (Å²) in [6.45, 7) is 6.14. The Labute approximate surface area is 134 Å². The third kappa shape index (κ3) is 2.32. The third-order valence-corrected chi connectivity index (χ3v) is 4.20. The third-order valence-electron chi connectivity index (χ3n) is 4.20. The Morgan fingerprint density at radius 3 is 2.13 bits per heavy atom. The Balaban J connectivity index is 1.91. The van der Waals surface area contributed by atoms with Crippen LogP contribution in [0.5, 0.6) is 0 Å². The minimum Gasteiger partial charge on any atom is -0.342 e. The maximum Gasteiger partial charge on any atom is 0.139 e. The summed E-state index contributed by atoms with van der Waals surface area (Å²) in [5.41, 5.74) is 7.48. The molecular formula is C19H18N4. The standard InChI is InChI=1S/C19H18N4/c1-11-8-9-16-17(10-11)23-19(22-16)15-7-5-4-6-14(15)18-20-12(2)13(3)21-18/h4-10H,1-3H3,(H,20,21)(H,22,23). The van der Waals surface area contributed by atoms with E-state index in [0.29, 0.717) is 0 Å². The summed E-state index contributed by atoms with van der Waals surface area (Å²) < 4.78 is 0. The van der Waals surface area contributed by atoms with Crippen molar-refractivity contribution >= 4 is 11.0 Å². The van der Waals surface area contributed by atoms with E-state index in [-0.39, 0.29) is 0 Å². The van der Waals surface area contributed by atoms with E-state index in [1.54, 1.807) is 0 Å². The largest absolute Gasteiger partial charge is 0.342 e. The van der Waals surface area contributed by atoms with Crippen LogP contribution in [0.15, 0.2) is 42.5 Å². The molecule has 0 unspecified atom stereocenters. The quantitative estimate of drug-likeness (QED) is 0.571. The fraction of sp³-hybridized carbons (Fsp3) is 0.158. The fourth-order valence-electron chi connectivity index (χ4n) is 2.82. The van der Waals surface area contributed by atoms with Gasteiger partial charge in [-0.2, -0.15) is 0 Å². The van der Waals surface area contributed by atoms with Gasteiger partial charge in [-0.15, -0.1) is 0 Å². The number of aryl methyl sites for hydroxylation is 3. The van der Waals surface area contributed by atoms with Gasteiger partial charge in [0.2, 0.25) is 0 Å². The predicted octanol–water partition coefficient (Wildman–Crippen LogP) is 4.55. The normalized spacial score (nSPS) is 11.3. The van der Waals surface area contributed by atoms with Crippen LogP contribution >= 0.6 is 0 Å². The molecule has 0 aliphatic heterocycles. The van der Waals surface area contributed by atoms with Crippen LogP contribution in [0.3, 0.4) is 0 Å². The summed E-state index contributed by atoms with van der Waals surface area (Å²) >= 11 is 0. The van der Waals surface area contributed by atoms with Gasteiger partial charge in [0.25, 0.3) is 0 Å². The number of aromatic amines is 2. The van der Waals surface area contributed by atoms with Crippen LogP contribution in [0.25, 0.3) is 33.8 Å². The molecule has 0 spiro atoms. The van der Waals surface area contributed by atoms with E-state index in [1.807, 2.05) is 26.0 Å². The number of nitrogens with zero attached hydrogens (tertiary/aromatic N) is 2. The number of hydrogen-bond acceptors (Lipinski definition) is 2. The van der Waals surface area contributed by atoms with E-state index in [2.05, 4.69) is 52.2 Å². The van der Waals surface area contributed by atoms with Gasteiger partial charge in [0.15, 0.2) is 0 Å². The summed E-state index contributed by atoms with van der Waals surface area (Å²) in [7, 11) is 0. The summed E-state index contributed by atoms with van der Waals surface area (Å²) in [5.74, 6) is 1.75. The lowest BCUT2D eigenvalue weighted by Gasteiger charge is -2.04. The molecule has 4 rings (SSSR count). The van der Waals surface area contributed by atoms with Crippen LogP contribution in [0.2, 0.25) is 0 Å². The molecule has 0 saturated carbocycles. The Morgan fingerprint density at radius 1 is 0.783 bits per heavy atom. The molecule has 4 nitrogen and oxygen atoms in total. The lowest BCUT2D eigenvalue weighted by molar-refractivity contribution is 1.22. The molecule has 0 aliphatic carbocycles. The smallest absolute Gasteiger partial charge is 0.139 e. The molecular weight excluding hydrogens is 284 g/mol. The molecule has 4 aromatic rings. The maximum absolute atomic E-state index is 4.74. The van der Waals surface area contributed by atoms with E-state index in [4.69, 9.17) is 4.98 Å². The lowest BCUT2D eigenvalue weighted by Crippen LogP contribution is -1.88. The summed E-state index contributed by atoms with van der Waals surface area (Å²) in [6, 6.07) is 14.5. The van der Waals surface area contributed by atoms with Crippen LogP contribution in [0, 0.1) is 20.8 Å². The minimum atomic E-state index is 0.868. The first-order valence-corrected chi connectivity index (χ1v) is 7.71. The Bertz CT molecular complexity index is 988. The monoisotopic (exact) mass is 302 g/mol. The van der Waals surface area contributed by atoms with E-state index in [1.165, 1.54) is 5.56 Å². The second kappa shape index (κ2) is 5.09. The van der Waals surface area contributed by atoms with Crippen molar-refractivity contribution in [3.63, 3.8) is 0 Å². The molecule has 0 amide bonds. The molecule has 0 saturated heterocycles. The van der Waals surface area contributed by atoms with Gasteiger partial charge in [-0.1, -0.05) is 30.3 Å². The molecule has 4 heteroatoms. The first-order valence-electron chi connectivity index (χ1n) is 7.71. The van der Waals surface area contributed by atoms with Crippen LogP contribution < -0.4 is 0 Å². The number of nitrogens with one attached hydrogen (secondary N) is 2. The molecule has 2 aromatic carbocycles. The van der Waals surface area contributed by atoms with Crippen molar-refractivity contribution in [2.24, 2.45) is 0 Å². The molecule has 0 bridgehead atoms. The number of imidazole rings is 2. The van der Waals surface area contributed by atoms with Gasteiger partial charge in [0.05, 0.1) is 16.7 Å². The molecule has 2 aromatic heterocycles. The highest BCUT2D eigenvalue weighted by atomic mass is 14.9. The number of rotatable bonds is 2. The van der Waals surface area contributed by atoms with Crippen LogP contribution in [-0.4, -0.2) is 19.9 Å². The number of benzene rings is 2. The highest BCUT2D eigenvalue weighted by molar-refractivity contribution is 5.84. The lowest BCUT2D eigenvalue weighted by atomic mass is 10.1. The van der Waals surface area contributed by atoms with Gasteiger partial charge in [0, 0.05) is 16.8 Å². The van der Waals surface area contributed by atoms with Gasteiger partial charge >= 0.3 is 0 Å². The molecule has 0 radical (unpaired) electrons. The van der Waals surface area contributed by atoms with Crippen molar-refractivity contribution in [2.75, 3.05) is 0 Å². The fourth-order valence-corrected chi connectivity index (χ4v) is 2.82. The zero-order valence-electron chi connectivity index (χ0n) is 13.4. The Kier molecular flexibility index (Phi) is 3.05. The van der Waals surface area contributed by atoms with Crippen molar-refractivity contribution in [1.82, 2.24) is 19.9 Å². The topological polar surface area (TPSA) is 57.4 Å². The highest BCUT2D eigenvalue weighted by Gasteiger charge is 2.14. The number of fused-ring (bicyclic) bond motifs is 1. The average molecular weight is 302 g/mol. The Hall–Kier alpha value is -2.88. The van der Waals surface area contributed by atoms with Gasteiger partial charge in [-0.25, -0.2) is 9.97 Å². The van der Waals surface area contributed by atoms with Gasteiger partial charge in [-0.3, -0.25) is 0 Å². The summed E-state index contributed by atoms with van der Waals surface area (Å²) in [6.07, 6.45) is 0. The Morgan fingerprint density at radius 2 is 1.48 bits per heavy atom. The van der Waals surface area contributed by atoms with Crippen LogP contribution in [0.4, 0.5) is 0 Å². The molecule has 23 heavy (non-hydrogen) atoms.